The van der Waals surface area contributed by atoms with Gasteiger partial charge in [-0.15, -0.1) is 0 Å². The van der Waals surface area contributed by atoms with Crippen LogP contribution >= 0.6 is 23.2 Å². The van der Waals surface area contributed by atoms with Gasteiger partial charge in [0.05, 0.1) is 0 Å². The number of alkyl halides is 2. The Balaban J connectivity index is 2.28. The molecule has 0 amide bonds. The Morgan fingerprint density at radius 2 is 2.30 bits per heavy atom. The zero-order valence-corrected chi connectivity index (χ0v) is 6.69. The van der Waals surface area contributed by atoms with Gasteiger partial charge in [-0.2, -0.15) is 0 Å². The van der Waals surface area contributed by atoms with Gasteiger partial charge in [0.25, 0.3) is 0 Å². The fourth-order valence-electron chi connectivity index (χ4n) is 1.60. The number of carbonyl (C=O) groups excluding carboxylic acids is 1. The molecular weight excluding hydrogens is 171 g/mol. The summed E-state index contributed by atoms with van der Waals surface area (Å²) in [6.07, 6.45) is 4.72. The van der Waals surface area contributed by atoms with E-state index in [2.05, 4.69) is 0 Å². The summed E-state index contributed by atoms with van der Waals surface area (Å²) in [4.78, 5) is 11.0. The Kier molecular flexibility index (Phi) is 1.19. The van der Waals surface area contributed by atoms with Crippen LogP contribution in [0.1, 0.15) is 6.42 Å². The molecule has 1 saturated carbocycles. The largest absolute Gasteiger partial charge is 0.296 e. The minimum atomic E-state index is -1.08. The molecule has 0 aromatic rings. The average molecular weight is 177 g/mol. The molecule has 0 radical (unpaired) electrons. The lowest BCUT2D eigenvalue weighted by molar-refractivity contribution is -0.132. The molecule has 10 heavy (non-hydrogen) atoms. The van der Waals surface area contributed by atoms with Gasteiger partial charge < -0.3 is 0 Å². The summed E-state index contributed by atoms with van der Waals surface area (Å²) >= 11 is 11.5. The van der Waals surface area contributed by atoms with Crippen molar-refractivity contribution in [1.82, 2.24) is 0 Å². The Morgan fingerprint density at radius 1 is 1.60 bits per heavy atom. The Labute approximate surface area is 69.0 Å². The molecule has 0 aliphatic heterocycles. The van der Waals surface area contributed by atoms with Gasteiger partial charge in [0.15, 0.2) is 10.1 Å². The summed E-state index contributed by atoms with van der Waals surface area (Å²) in [5.74, 6) is 0.146. The number of Topliss-reactive ketones (excluding diaryl/α,β-unsaturated/α-hetero) is 1. The van der Waals surface area contributed by atoms with Gasteiger partial charge in [-0.05, 0) is 6.42 Å². The number of rotatable bonds is 0. The van der Waals surface area contributed by atoms with Crippen LogP contribution in [-0.4, -0.2) is 10.1 Å². The maximum absolute atomic E-state index is 11.0. The van der Waals surface area contributed by atoms with Crippen LogP contribution in [0.5, 0.6) is 0 Å². The Bertz CT molecular complexity index is 220. The number of halogens is 2. The van der Waals surface area contributed by atoms with Crippen molar-refractivity contribution in [3.8, 4) is 0 Å². The first kappa shape index (κ1) is 6.68. The molecule has 0 saturated heterocycles. The molecule has 1 nitrogen and oxygen atoms in total. The minimum Gasteiger partial charge on any atom is -0.296 e. The third-order valence-electron chi connectivity index (χ3n) is 2.26. The SMILES string of the molecule is O=C1[C@H]2C=CC[C@H]2C1(Cl)Cl. The molecule has 0 aromatic carbocycles. The van der Waals surface area contributed by atoms with Crippen molar-refractivity contribution in [3.63, 3.8) is 0 Å². The van der Waals surface area contributed by atoms with Crippen molar-refractivity contribution in [2.24, 2.45) is 11.8 Å². The van der Waals surface area contributed by atoms with Crippen molar-refractivity contribution >= 4 is 29.0 Å². The lowest BCUT2D eigenvalue weighted by Crippen LogP contribution is -2.53. The highest BCUT2D eigenvalue weighted by molar-refractivity contribution is 6.61. The molecule has 1 fully saturated rings. The van der Waals surface area contributed by atoms with E-state index in [1.54, 1.807) is 0 Å². The van der Waals surface area contributed by atoms with Crippen LogP contribution in [0.15, 0.2) is 12.2 Å². The molecule has 0 spiro atoms. The number of carbonyl (C=O) groups is 1. The van der Waals surface area contributed by atoms with Crippen LogP contribution in [0, 0.1) is 11.8 Å². The second-order valence-electron chi connectivity index (χ2n) is 2.78. The van der Waals surface area contributed by atoms with Crippen molar-refractivity contribution < 1.29 is 4.79 Å². The molecule has 2 aliphatic rings. The van der Waals surface area contributed by atoms with Crippen molar-refractivity contribution in [3.05, 3.63) is 12.2 Å². The smallest absolute Gasteiger partial charge is 0.180 e. The van der Waals surface area contributed by atoms with Gasteiger partial charge in [-0.3, -0.25) is 4.79 Å². The van der Waals surface area contributed by atoms with Gasteiger partial charge in [-0.1, -0.05) is 35.4 Å². The molecule has 0 heterocycles. The van der Waals surface area contributed by atoms with Gasteiger partial charge in [0.1, 0.15) is 0 Å². The number of hydrogen-bond acceptors (Lipinski definition) is 1. The third-order valence-corrected chi connectivity index (χ3v) is 3.20. The predicted molar refractivity (Wildman–Crippen MR) is 40.2 cm³/mol. The summed E-state index contributed by atoms with van der Waals surface area (Å²) in [5.41, 5.74) is 0. The van der Waals surface area contributed by atoms with E-state index >= 15 is 0 Å². The number of hydrogen-bond donors (Lipinski definition) is 0. The van der Waals surface area contributed by atoms with Crippen LogP contribution < -0.4 is 0 Å². The highest BCUT2D eigenvalue weighted by atomic mass is 35.5. The molecule has 2 rings (SSSR count). The van der Waals surface area contributed by atoms with E-state index in [1.807, 2.05) is 12.2 Å². The normalized spacial score (nSPS) is 41.2. The minimum absolute atomic E-state index is 0.0231. The monoisotopic (exact) mass is 176 g/mol. The van der Waals surface area contributed by atoms with Crippen molar-refractivity contribution in [2.75, 3.05) is 0 Å². The van der Waals surface area contributed by atoms with Crippen LogP contribution in [0.4, 0.5) is 0 Å². The summed E-state index contributed by atoms with van der Waals surface area (Å²) in [5, 5.41) is 0. The van der Waals surface area contributed by atoms with E-state index < -0.39 is 4.33 Å². The molecule has 0 bridgehead atoms. The molecule has 0 N–H and O–H groups in total. The lowest BCUT2D eigenvalue weighted by atomic mass is 9.73. The lowest BCUT2D eigenvalue weighted by Gasteiger charge is -2.40. The topological polar surface area (TPSA) is 17.1 Å². The van der Waals surface area contributed by atoms with Crippen molar-refractivity contribution in [2.45, 2.75) is 10.8 Å². The van der Waals surface area contributed by atoms with Crippen LogP contribution in [0.25, 0.3) is 0 Å². The van der Waals surface area contributed by atoms with Gasteiger partial charge in [0.2, 0.25) is 0 Å². The van der Waals surface area contributed by atoms with E-state index in [4.69, 9.17) is 23.2 Å². The first-order valence-corrected chi connectivity index (χ1v) is 3.98. The molecular formula is C7H6Cl2O. The first-order chi connectivity index (χ1) is 4.64. The first-order valence-electron chi connectivity index (χ1n) is 3.23. The fraction of sp³-hybridized carbons (Fsp3) is 0.571. The highest BCUT2D eigenvalue weighted by Crippen LogP contribution is 2.53. The van der Waals surface area contributed by atoms with E-state index in [-0.39, 0.29) is 17.6 Å². The van der Waals surface area contributed by atoms with Crippen molar-refractivity contribution in [1.29, 1.82) is 0 Å². The quantitative estimate of drug-likeness (QED) is 0.408. The second-order valence-corrected chi connectivity index (χ2v) is 4.17. The molecule has 2 aliphatic carbocycles. The molecule has 0 aromatic heterocycles. The molecule has 0 unspecified atom stereocenters. The van der Waals surface area contributed by atoms with Gasteiger partial charge in [-0.25, -0.2) is 0 Å². The average Bonchev–Trinajstić information content (AvgIpc) is 2.31. The van der Waals surface area contributed by atoms with Crippen LogP contribution in [-0.2, 0) is 4.79 Å². The summed E-state index contributed by atoms with van der Waals surface area (Å²) in [6.45, 7) is 0. The zero-order valence-electron chi connectivity index (χ0n) is 5.18. The number of ketones is 1. The standard InChI is InChI=1S/C7H6Cl2O/c8-7(9)5-3-1-2-4(5)6(7)10/h1-2,4-5H,3H2/t4-,5+/m0/s1. The maximum atomic E-state index is 11.0. The van der Waals surface area contributed by atoms with Crippen LogP contribution in [0.3, 0.4) is 0 Å². The van der Waals surface area contributed by atoms with Crippen LogP contribution in [0.2, 0.25) is 0 Å². The summed E-state index contributed by atoms with van der Waals surface area (Å²) in [6, 6.07) is 0. The Hall–Kier alpha value is -0.0100. The Morgan fingerprint density at radius 3 is 2.90 bits per heavy atom. The van der Waals surface area contributed by atoms with E-state index in [1.165, 1.54) is 0 Å². The summed E-state index contributed by atoms with van der Waals surface area (Å²) < 4.78 is -1.08. The zero-order chi connectivity index (χ0) is 7.35. The number of fused-ring (bicyclic) bond motifs is 1. The van der Waals surface area contributed by atoms with Gasteiger partial charge in [0, 0.05) is 11.8 Å². The predicted octanol–water partition coefficient (Wildman–Crippen LogP) is 1.94. The fourth-order valence-corrected chi connectivity index (χ4v) is 2.31. The molecule has 2 atom stereocenters. The second kappa shape index (κ2) is 1.77. The molecule has 3 heteroatoms. The molecule has 54 valence electrons. The van der Waals surface area contributed by atoms with E-state index in [0.717, 1.165) is 6.42 Å². The number of allylic oxidation sites excluding steroid dienone is 2. The van der Waals surface area contributed by atoms with Gasteiger partial charge >= 0.3 is 0 Å². The third kappa shape index (κ3) is 0.578. The van der Waals surface area contributed by atoms with E-state index in [9.17, 15) is 4.79 Å². The maximum Gasteiger partial charge on any atom is 0.180 e. The summed E-state index contributed by atoms with van der Waals surface area (Å²) in [7, 11) is 0. The van der Waals surface area contributed by atoms with E-state index in [0.29, 0.717) is 0 Å². The highest BCUT2D eigenvalue weighted by Gasteiger charge is 2.60.